The number of rotatable bonds is 7. The largest absolute Gasteiger partial charge is 0.493 e. The summed E-state index contributed by atoms with van der Waals surface area (Å²) < 4.78 is 10.8. The van der Waals surface area contributed by atoms with Gasteiger partial charge in [0, 0.05) is 19.1 Å². The van der Waals surface area contributed by atoms with E-state index in [0.717, 1.165) is 19.1 Å². The topological polar surface area (TPSA) is 50.8 Å². The van der Waals surface area contributed by atoms with Gasteiger partial charge in [0.05, 0.1) is 7.11 Å². The summed E-state index contributed by atoms with van der Waals surface area (Å²) in [6.45, 7) is 3.10. The van der Waals surface area contributed by atoms with Crippen LogP contribution >= 0.6 is 11.8 Å². The summed E-state index contributed by atoms with van der Waals surface area (Å²) in [7, 11) is 1.60. The molecule has 3 rings (SSSR count). The van der Waals surface area contributed by atoms with Gasteiger partial charge in [-0.3, -0.25) is 9.69 Å². The van der Waals surface area contributed by atoms with Crippen LogP contribution in [0.1, 0.15) is 25.7 Å². The average molecular weight is 379 g/mol. The van der Waals surface area contributed by atoms with Gasteiger partial charge in [-0.1, -0.05) is 12.1 Å². The van der Waals surface area contributed by atoms with E-state index in [9.17, 15) is 4.79 Å². The minimum atomic E-state index is -0.0675. The van der Waals surface area contributed by atoms with Crippen molar-refractivity contribution >= 4 is 17.7 Å². The van der Waals surface area contributed by atoms with E-state index in [0.29, 0.717) is 17.4 Å². The Balaban J connectivity index is 1.39. The van der Waals surface area contributed by atoms with Crippen LogP contribution in [0.4, 0.5) is 0 Å². The first-order valence-electron chi connectivity index (χ1n) is 9.60. The van der Waals surface area contributed by atoms with E-state index in [1.54, 1.807) is 7.11 Å². The van der Waals surface area contributed by atoms with Crippen molar-refractivity contribution in [2.24, 2.45) is 5.92 Å². The standard InChI is InChI=1S/C20H30N2O3S/c1-24-18-6-2-3-7-19(18)25-15-20(23)21-13-16-5-4-10-22(14-16)17-8-11-26-12-9-17/h2-3,6-7,16-17H,4-5,8-15H2,1H3,(H,21,23)/t16-/m1/s1. The van der Waals surface area contributed by atoms with Crippen molar-refractivity contribution < 1.29 is 14.3 Å². The molecule has 5 nitrogen and oxygen atoms in total. The lowest BCUT2D eigenvalue weighted by atomic mass is 9.95. The number of hydrogen-bond donors (Lipinski definition) is 1. The number of nitrogens with one attached hydrogen (secondary N) is 1. The van der Waals surface area contributed by atoms with Crippen molar-refractivity contribution in [1.82, 2.24) is 10.2 Å². The molecular weight excluding hydrogens is 348 g/mol. The number of methoxy groups -OCH3 is 1. The highest BCUT2D eigenvalue weighted by atomic mass is 32.2. The lowest BCUT2D eigenvalue weighted by molar-refractivity contribution is -0.123. The number of carbonyl (C=O) groups excluding carboxylic acids is 1. The van der Waals surface area contributed by atoms with E-state index < -0.39 is 0 Å². The van der Waals surface area contributed by atoms with Crippen molar-refractivity contribution in [3.8, 4) is 11.5 Å². The molecule has 1 N–H and O–H groups in total. The molecule has 0 radical (unpaired) electrons. The van der Waals surface area contributed by atoms with Gasteiger partial charge >= 0.3 is 0 Å². The molecule has 6 heteroatoms. The lowest BCUT2D eigenvalue weighted by Crippen LogP contribution is -2.47. The fourth-order valence-corrected chi connectivity index (χ4v) is 4.92. The number of hydrogen-bond acceptors (Lipinski definition) is 5. The van der Waals surface area contributed by atoms with Crippen molar-refractivity contribution in [1.29, 1.82) is 0 Å². The summed E-state index contributed by atoms with van der Waals surface area (Å²) in [4.78, 5) is 14.8. The first kappa shape index (κ1) is 19.4. The van der Waals surface area contributed by atoms with E-state index in [1.165, 1.54) is 43.7 Å². The minimum absolute atomic E-state index is 0.0245. The lowest BCUT2D eigenvalue weighted by Gasteiger charge is -2.40. The molecule has 0 aliphatic carbocycles. The summed E-state index contributed by atoms with van der Waals surface area (Å²) >= 11 is 2.08. The fraction of sp³-hybridized carbons (Fsp3) is 0.650. The molecule has 0 bridgehead atoms. The van der Waals surface area contributed by atoms with Gasteiger partial charge in [-0.2, -0.15) is 11.8 Å². The van der Waals surface area contributed by atoms with Gasteiger partial charge in [0.2, 0.25) is 0 Å². The molecule has 2 aliphatic heterocycles. The van der Waals surface area contributed by atoms with Crippen LogP contribution in [0.3, 0.4) is 0 Å². The smallest absolute Gasteiger partial charge is 0.257 e. The van der Waals surface area contributed by atoms with E-state index in [2.05, 4.69) is 22.0 Å². The quantitative estimate of drug-likeness (QED) is 0.791. The molecule has 1 atom stereocenters. The zero-order valence-corrected chi connectivity index (χ0v) is 16.4. The number of thioether (sulfide) groups is 1. The number of carbonyl (C=O) groups is 1. The van der Waals surface area contributed by atoms with Crippen molar-refractivity contribution in [2.75, 3.05) is 44.9 Å². The number of amides is 1. The van der Waals surface area contributed by atoms with Crippen LogP contribution in [0, 0.1) is 5.92 Å². The Morgan fingerprint density at radius 2 is 2.00 bits per heavy atom. The van der Waals surface area contributed by atoms with Gasteiger partial charge < -0.3 is 14.8 Å². The highest BCUT2D eigenvalue weighted by molar-refractivity contribution is 7.99. The molecule has 2 heterocycles. The monoisotopic (exact) mass is 378 g/mol. The van der Waals surface area contributed by atoms with Crippen LogP contribution in [0.25, 0.3) is 0 Å². The Kier molecular flexibility index (Phi) is 7.50. The minimum Gasteiger partial charge on any atom is -0.493 e. The van der Waals surface area contributed by atoms with Gasteiger partial charge in [0.25, 0.3) is 5.91 Å². The molecule has 0 aromatic heterocycles. The number of piperidine rings is 1. The Labute approximate surface area is 160 Å². The van der Waals surface area contributed by atoms with Gasteiger partial charge in [-0.15, -0.1) is 0 Å². The van der Waals surface area contributed by atoms with Crippen LogP contribution in [-0.2, 0) is 4.79 Å². The summed E-state index contributed by atoms with van der Waals surface area (Å²) in [5.41, 5.74) is 0. The normalized spacial score (nSPS) is 22.0. The molecule has 0 saturated carbocycles. The SMILES string of the molecule is COc1ccccc1OCC(=O)NC[C@H]1CCCN(C2CCSCC2)C1. The second-order valence-electron chi connectivity index (χ2n) is 7.09. The zero-order chi connectivity index (χ0) is 18.2. The molecule has 2 aliphatic rings. The maximum atomic E-state index is 12.1. The predicted octanol–water partition coefficient (Wildman–Crippen LogP) is 2.80. The number of likely N-dealkylation sites (tertiary alicyclic amines) is 1. The maximum Gasteiger partial charge on any atom is 0.257 e. The summed E-state index contributed by atoms with van der Waals surface area (Å²) in [5.74, 6) is 4.32. The Morgan fingerprint density at radius 1 is 1.23 bits per heavy atom. The number of para-hydroxylation sites is 2. The predicted molar refractivity (Wildman–Crippen MR) is 106 cm³/mol. The first-order valence-corrected chi connectivity index (χ1v) is 10.8. The van der Waals surface area contributed by atoms with E-state index in [4.69, 9.17) is 9.47 Å². The van der Waals surface area contributed by atoms with Gasteiger partial charge in [-0.25, -0.2) is 0 Å². The van der Waals surface area contributed by atoms with E-state index >= 15 is 0 Å². The van der Waals surface area contributed by atoms with Gasteiger partial charge in [0.1, 0.15) is 0 Å². The van der Waals surface area contributed by atoms with Crippen LogP contribution < -0.4 is 14.8 Å². The Morgan fingerprint density at radius 3 is 2.77 bits per heavy atom. The zero-order valence-electron chi connectivity index (χ0n) is 15.6. The number of nitrogens with zero attached hydrogens (tertiary/aromatic N) is 1. The van der Waals surface area contributed by atoms with Crippen LogP contribution in [0.15, 0.2) is 24.3 Å². The van der Waals surface area contributed by atoms with Gasteiger partial charge in [-0.05, 0) is 61.8 Å². The summed E-state index contributed by atoms with van der Waals surface area (Å²) in [5, 5.41) is 3.05. The molecule has 26 heavy (non-hydrogen) atoms. The Hall–Kier alpha value is -1.40. The van der Waals surface area contributed by atoms with Gasteiger partial charge in [0.15, 0.2) is 18.1 Å². The average Bonchev–Trinajstić information content (AvgIpc) is 2.71. The molecule has 1 aromatic carbocycles. The van der Waals surface area contributed by atoms with Crippen LogP contribution in [0.5, 0.6) is 11.5 Å². The third-order valence-electron chi connectivity index (χ3n) is 5.27. The molecule has 2 fully saturated rings. The molecule has 2 saturated heterocycles. The van der Waals surface area contributed by atoms with Crippen LogP contribution in [-0.4, -0.2) is 61.7 Å². The third-order valence-corrected chi connectivity index (χ3v) is 6.32. The van der Waals surface area contributed by atoms with E-state index in [-0.39, 0.29) is 12.5 Å². The number of ether oxygens (including phenoxy) is 2. The highest BCUT2D eigenvalue weighted by Gasteiger charge is 2.27. The Bertz CT molecular complexity index is 578. The summed E-state index contributed by atoms with van der Waals surface area (Å²) in [6, 6.07) is 8.15. The highest BCUT2D eigenvalue weighted by Crippen LogP contribution is 2.27. The first-order chi connectivity index (χ1) is 12.8. The number of benzene rings is 1. The second-order valence-corrected chi connectivity index (χ2v) is 8.32. The second kappa shape index (κ2) is 10.1. The molecular formula is C20H30N2O3S. The van der Waals surface area contributed by atoms with Crippen molar-refractivity contribution in [2.45, 2.75) is 31.7 Å². The molecule has 0 unspecified atom stereocenters. The summed E-state index contributed by atoms with van der Waals surface area (Å²) in [6.07, 6.45) is 5.07. The molecule has 1 aromatic rings. The van der Waals surface area contributed by atoms with E-state index in [1.807, 2.05) is 24.3 Å². The van der Waals surface area contributed by atoms with Crippen molar-refractivity contribution in [3.05, 3.63) is 24.3 Å². The maximum absolute atomic E-state index is 12.1. The fourth-order valence-electron chi connectivity index (χ4n) is 3.84. The molecule has 0 spiro atoms. The molecule has 1 amide bonds. The van der Waals surface area contributed by atoms with Crippen molar-refractivity contribution in [3.63, 3.8) is 0 Å². The molecule has 144 valence electrons. The van der Waals surface area contributed by atoms with Crippen LogP contribution in [0.2, 0.25) is 0 Å². The third kappa shape index (κ3) is 5.55.